The van der Waals surface area contributed by atoms with E-state index in [1.165, 1.54) is 0 Å². The molecule has 0 saturated heterocycles. The van der Waals surface area contributed by atoms with E-state index in [0.29, 0.717) is 29.3 Å². The normalized spacial score (nSPS) is 10.3. The van der Waals surface area contributed by atoms with Crippen LogP contribution in [0.2, 0.25) is 0 Å². The monoisotopic (exact) mass is 289 g/mol. The first-order valence-electron chi connectivity index (χ1n) is 6.57. The van der Waals surface area contributed by atoms with Crippen LogP contribution in [0.5, 0.6) is 11.5 Å². The Bertz CT molecular complexity index is 630. The first-order chi connectivity index (χ1) is 10.1. The minimum absolute atomic E-state index is 0.145. The van der Waals surface area contributed by atoms with Crippen LogP contribution < -0.4 is 14.8 Å². The van der Waals surface area contributed by atoms with Gasteiger partial charge in [-0.25, -0.2) is 0 Å². The second kappa shape index (κ2) is 6.30. The fourth-order valence-corrected chi connectivity index (χ4v) is 2.15. The van der Waals surface area contributed by atoms with Crippen molar-refractivity contribution in [3.63, 3.8) is 0 Å². The Hall–Kier alpha value is -2.50. The fraction of sp³-hybridized carbons (Fsp3) is 0.333. The smallest absolute Gasteiger partial charge is 0.255 e. The van der Waals surface area contributed by atoms with Gasteiger partial charge in [0.05, 0.1) is 25.5 Å². The van der Waals surface area contributed by atoms with Crippen molar-refractivity contribution in [2.75, 3.05) is 14.2 Å². The van der Waals surface area contributed by atoms with Crippen molar-refractivity contribution in [2.45, 2.75) is 20.4 Å². The van der Waals surface area contributed by atoms with E-state index >= 15 is 0 Å². The molecule has 0 atom stereocenters. The number of ether oxygens (including phenoxy) is 2. The minimum Gasteiger partial charge on any atom is -0.493 e. The van der Waals surface area contributed by atoms with Crippen LogP contribution in [0.25, 0.3) is 0 Å². The summed E-state index contributed by atoms with van der Waals surface area (Å²) in [5, 5.41) is 9.70. The lowest BCUT2D eigenvalue weighted by Gasteiger charge is -2.10. The average Bonchev–Trinajstić information content (AvgIpc) is 2.83. The number of aromatic amines is 1. The van der Waals surface area contributed by atoms with Gasteiger partial charge in [-0.1, -0.05) is 6.07 Å². The highest BCUT2D eigenvalue weighted by molar-refractivity contribution is 5.96. The van der Waals surface area contributed by atoms with Crippen molar-refractivity contribution in [1.82, 2.24) is 15.5 Å². The average molecular weight is 289 g/mol. The lowest BCUT2D eigenvalue weighted by molar-refractivity contribution is 0.0949. The zero-order valence-corrected chi connectivity index (χ0v) is 12.6. The molecule has 0 aliphatic carbocycles. The molecule has 0 saturated carbocycles. The van der Waals surface area contributed by atoms with Gasteiger partial charge in [-0.05, 0) is 31.5 Å². The quantitative estimate of drug-likeness (QED) is 0.882. The molecule has 6 nitrogen and oxygen atoms in total. The molecule has 1 amide bonds. The molecule has 6 heteroatoms. The van der Waals surface area contributed by atoms with Gasteiger partial charge >= 0.3 is 0 Å². The third kappa shape index (κ3) is 3.16. The SMILES string of the molecule is COc1ccc(CNC(=O)c2c(C)n[nH]c2C)cc1OC. The van der Waals surface area contributed by atoms with Gasteiger partial charge in [0, 0.05) is 12.2 Å². The molecule has 2 N–H and O–H groups in total. The molecule has 2 rings (SSSR count). The Morgan fingerprint density at radius 2 is 1.95 bits per heavy atom. The van der Waals surface area contributed by atoms with E-state index in [1.807, 2.05) is 25.1 Å². The summed E-state index contributed by atoms with van der Waals surface area (Å²) >= 11 is 0. The zero-order chi connectivity index (χ0) is 15.4. The van der Waals surface area contributed by atoms with Gasteiger partial charge < -0.3 is 14.8 Å². The molecule has 1 aromatic heterocycles. The van der Waals surface area contributed by atoms with Crippen LogP contribution in [0, 0.1) is 13.8 Å². The van der Waals surface area contributed by atoms with Crippen LogP contribution in [-0.4, -0.2) is 30.3 Å². The van der Waals surface area contributed by atoms with Crippen molar-refractivity contribution in [3.05, 3.63) is 40.7 Å². The van der Waals surface area contributed by atoms with Crippen LogP contribution in [0.4, 0.5) is 0 Å². The zero-order valence-electron chi connectivity index (χ0n) is 12.6. The van der Waals surface area contributed by atoms with Crippen LogP contribution in [-0.2, 0) is 6.54 Å². The maximum absolute atomic E-state index is 12.2. The number of amides is 1. The Morgan fingerprint density at radius 3 is 2.52 bits per heavy atom. The number of nitrogens with one attached hydrogen (secondary N) is 2. The Balaban J connectivity index is 2.08. The van der Waals surface area contributed by atoms with E-state index < -0.39 is 0 Å². The lowest BCUT2D eigenvalue weighted by atomic mass is 10.1. The summed E-state index contributed by atoms with van der Waals surface area (Å²) in [6, 6.07) is 5.54. The molecule has 0 aliphatic rings. The molecule has 0 fully saturated rings. The predicted octanol–water partition coefficient (Wildman–Crippen LogP) is 1.97. The number of methoxy groups -OCH3 is 2. The number of aromatic nitrogens is 2. The Kier molecular flexibility index (Phi) is 4.47. The molecule has 0 spiro atoms. The molecular formula is C15H19N3O3. The number of nitrogens with zero attached hydrogens (tertiary/aromatic N) is 1. The van der Waals surface area contributed by atoms with E-state index in [0.717, 1.165) is 11.3 Å². The lowest BCUT2D eigenvalue weighted by Crippen LogP contribution is -2.23. The first-order valence-corrected chi connectivity index (χ1v) is 6.57. The van der Waals surface area contributed by atoms with Crippen molar-refractivity contribution < 1.29 is 14.3 Å². The van der Waals surface area contributed by atoms with Crippen molar-refractivity contribution in [2.24, 2.45) is 0 Å². The van der Waals surface area contributed by atoms with Crippen LogP contribution in [0.3, 0.4) is 0 Å². The van der Waals surface area contributed by atoms with Gasteiger partial charge in [0.15, 0.2) is 11.5 Å². The van der Waals surface area contributed by atoms with Gasteiger partial charge in [0.2, 0.25) is 0 Å². The number of carbonyl (C=O) groups excluding carboxylic acids is 1. The number of rotatable bonds is 5. The molecule has 112 valence electrons. The van der Waals surface area contributed by atoms with Crippen molar-refractivity contribution in [1.29, 1.82) is 0 Å². The molecule has 2 aromatic rings. The van der Waals surface area contributed by atoms with Gasteiger partial charge in [-0.2, -0.15) is 5.10 Å². The third-order valence-corrected chi connectivity index (χ3v) is 3.26. The number of aryl methyl sites for hydroxylation is 2. The highest BCUT2D eigenvalue weighted by Crippen LogP contribution is 2.27. The van der Waals surface area contributed by atoms with Gasteiger partial charge in [0.1, 0.15) is 0 Å². The molecule has 0 aliphatic heterocycles. The minimum atomic E-state index is -0.145. The number of carbonyl (C=O) groups is 1. The highest BCUT2D eigenvalue weighted by atomic mass is 16.5. The summed E-state index contributed by atoms with van der Waals surface area (Å²) in [7, 11) is 3.17. The highest BCUT2D eigenvalue weighted by Gasteiger charge is 2.15. The molecule has 0 bridgehead atoms. The van der Waals surface area contributed by atoms with Gasteiger partial charge in [-0.15, -0.1) is 0 Å². The summed E-state index contributed by atoms with van der Waals surface area (Å²) in [6.45, 7) is 4.03. The molecule has 21 heavy (non-hydrogen) atoms. The van der Waals surface area contributed by atoms with Crippen LogP contribution in [0.1, 0.15) is 27.3 Å². The Morgan fingerprint density at radius 1 is 1.24 bits per heavy atom. The molecular weight excluding hydrogens is 270 g/mol. The summed E-state index contributed by atoms with van der Waals surface area (Å²) in [5.74, 6) is 1.16. The summed E-state index contributed by atoms with van der Waals surface area (Å²) in [6.07, 6.45) is 0. The maximum atomic E-state index is 12.2. The van der Waals surface area contributed by atoms with E-state index in [1.54, 1.807) is 21.1 Å². The van der Waals surface area contributed by atoms with E-state index in [-0.39, 0.29) is 5.91 Å². The van der Waals surface area contributed by atoms with E-state index in [2.05, 4.69) is 15.5 Å². The van der Waals surface area contributed by atoms with Gasteiger partial charge in [0.25, 0.3) is 5.91 Å². The number of benzene rings is 1. The number of hydrogen-bond acceptors (Lipinski definition) is 4. The molecule has 1 aromatic carbocycles. The fourth-order valence-electron chi connectivity index (χ4n) is 2.15. The second-order valence-corrected chi connectivity index (χ2v) is 4.68. The first kappa shape index (κ1) is 14.9. The predicted molar refractivity (Wildman–Crippen MR) is 78.8 cm³/mol. The van der Waals surface area contributed by atoms with E-state index in [4.69, 9.17) is 9.47 Å². The Labute approximate surface area is 123 Å². The summed E-state index contributed by atoms with van der Waals surface area (Å²) in [4.78, 5) is 12.2. The number of hydrogen-bond donors (Lipinski definition) is 2. The summed E-state index contributed by atoms with van der Waals surface area (Å²) in [5.41, 5.74) is 2.98. The van der Waals surface area contributed by atoms with Crippen LogP contribution in [0.15, 0.2) is 18.2 Å². The van der Waals surface area contributed by atoms with Crippen molar-refractivity contribution >= 4 is 5.91 Å². The second-order valence-electron chi connectivity index (χ2n) is 4.68. The van der Waals surface area contributed by atoms with Gasteiger partial charge in [-0.3, -0.25) is 9.89 Å². The topological polar surface area (TPSA) is 76.2 Å². The largest absolute Gasteiger partial charge is 0.493 e. The van der Waals surface area contributed by atoms with Crippen LogP contribution >= 0.6 is 0 Å². The number of H-pyrrole nitrogens is 1. The molecule has 0 unspecified atom stereocenters. The maximum Gasteiger partial charge on any atom is 0.255 e. The standard InChI is InChI=1S/C15H19N3O3/c1-9-14(10(2)18-17-9)15(19)16-8-11-5-6-12(20-3)13(7-11)21-4/h5-7H,8H2,1-4H3,(H,16,19)(H,17,18). The van der Waals surface area contributed by atoms with E-state index in [9.17, 15) is 4.79 Å². The van der Waals surface area contributed by atoms with Crippen molar-refractivity contribution in [3.8, 4) is 11.5 Å². The molecule has 1 heterocycles. The summed E-state index contributed by atoms with van der Waals surface area (Å²) < 4.78 is 10.4. The molecule has 0 radical (unpaired) electrons. The third-order valence-electron chi connectivity index (χ3n) is 3.26.